The highest BCUT2D eigenvalue weighted by atomic mass is 35.5. The number of aromatic nitrogens is 1. The van der Waals surface area contributed by atoms with E-state index in [4.69, 9.17) is 11.6 Å². The van der Waals surface area contributed by atoms with Crippen LogP contribution in [0.2, 0.25) is 5.02 Å². The number of amides is 1. The first-order chi connectivity index (χ1) is 9.17. The van der Waals surface area contributed by atoms with Crippen LogP contribution in [0.5, 0.6) is 0 Å². The second kappa shape index (κ2) is 6.24. The molecule has 0 aromatic carbocycles. The fraction of sp³-hybridized carbons (Fsp3) is 0.571. The maximum atomic E-state index is 12.5. The quantitative estimate of drug-likeness (QED) is 0.922. The second-order valence-electron chi connectivity index (χ2n) is 4.76. The van der Waals surface area contributed by atoms with Gasteiger partial charge in [-0.25, -0.2) is 4.98 Å². The van der Waals surface area contributed by atoms with Crippen LogP contribution in [0.4, 0.5) is 5.82 Å². The topological polar surface area (TPSA) is 45.2 Å². The molecule has 2 rings (SSSR count). The van der Waals surface area contributed by atoms with Crippen molar-refractivity contribution >= 4 is 23.3 Å². The van der Waals surface area contributed by atoms with E-state index >= 15 is 0 Å². The van der Waals surface area contributed by atoms with Gasteiger partial charge in [0, 0.05) is 19.1 Å². The molecule has 1 aromatic heterocycles. The van der Waals surface area contributed by atoms with Crippen molar-refractivity contribution in [1.29, 1.82) is 0 Å². The summed E-state index contributed by atoms with van der Waals surface area (Å²) in [6.45, 7) is 5.68. The van der Waals surface area contributed by atoms with Crippen molar-refractivity contribution in [2.75, 3.05) is 18.4 Å². The number of halogens is 1. The van der Waals surface area contributed by atoms with Gasteiger partial charge in [-0.1, -0.05) is 18.5 Å². The first kappa shape index (κ1) is 14.1. The van der Waals surface area contributed by atoms with Gasteiger partial charge < -0.3 is 10.2 Å². The highest BCUT2D eigenvalue weighted by molar-refractivity contribution is 6.33. The number of likely N-dealkylation sites (tertiary alicyclic amines) is 1. The lowest BCUT2D eigenvalue weighted by Crippen LogP contribution is -2.35. The Balaban J connectivity index is 2.24. The van der Waals surface area contributed by atoms with Gasteiger partial charge in [-0.05, 0) is 38.3 Å². The number of carbonyl (C=O) groups is 1. The van der Waals surface area contributed by atoms with Gasteiger partial charge >= 0.3 is 0 Å². The summed E-state index contributed by atoms with van der Waals surface area (Å²) < 4.78 is 0. The molecule has 0 radical (unpaired) electrons. The maximum Gasteiger partial charge on any atom is 0.274 e. The van der Waals surface area contributed by atoms with Crippen LogP contribution in [-0.4, -0.2) is 34.9 Å². The van der Waals surface area contributed by atoms with E-state index in [1.807, 2.05) is 11.8 Å². The zero-order chi connectivity index (χ0) is 13.8. The highest BCUT2D eigenvalue weighted by Gasteiger charge is 2.30. The van der Waals surface area contributed by atoms with Crippen LogP contribution in [-0.2, 0) is 0 Å². The Hall–Kier alpha value is -1.29. The van der Waals surface area contributed by atoms with E-state index in [2.05, 4.69) is 17.2 Å². The summed E-state index contributed by atoms with van der Waals surface area (Å²) in [4.78, 5) is 18.8. The molecule has 0 spiro atoms. The fourth-order valence-corrected chi connectivity index (χ4v) is 2.72. The average Bonchev–Trinajstić information content (AvgIpc) is 2.89. The summed E-state index contributed by atoms with van der Waals surface area (Å²) >= 11 is 6.12. The molecule has 1 N–H and O–H groups in total. The number of rotatable bonds is 4. The number of hydrogen-bond donors (Lipinski definition) is 1. The van der Waals surface area contributed by atoms with Gasteiger partial charge in [0.1, 0.15) is 11.5 Å². The number of nitrogens with zero attached hydrogens (tertiary/aromatic N) is 2. The molecule has 1 amide bonds. The monoisotopic (exact) mass is 281 g/mol. The van der Waals surface area contributed by atoms with Crippen LogP contribution in [0.25, 0.3) is 0 Å². The van der Waals surface area contributed by atoms with Crippen LogP contribution < -0.4 is 5.32 Å². The Kier molecular flexibility index (Phi) is 4.64. The van der Waals surface area contributed by atoms with Crippen LogP contribution in [0, 0.1) is 0 Å². The van der Waals surface area contributed by atoms with Crippen molar-refractivity contribution in [3.05, 3.63) is 22.8 Å². The standard InChI is InChI=1S/C14H20ClN3O/c1-3-10-6-5-9-18(10)14(19)13-11(15)7-8-12(17-13)16-4-2/h7-8,10H,3-6,9H2,1-2H3,(H,16,17). The van der Waals surface area contributed by atoms with Crippen LogP contribution in [0.1, 0.15) is 43.6 Å². The number of nitrogens with one attached hydrogen (secondary N) is 1. The third-order valence-corrected chi connectivity index (χ3v) is 3.82. The molecule has 1 aliphatic heterocycles. The van der Waals surface area contributed by atoms with E-state index in [1.54, 1.807) is 12.1 Å². The van der Waals surface area contributed by atoms with Crippen molar-refractivity contribution in [2.45, 2.75) is 39.2 Å². The maximum absolute atomic E-state index is 12.5. The molecular formula is C14H20ClN3O. The van der Waals surface area contributed by atoms with Crippen molar-refractivity contribution in [3.8, 4) is 0 Å². The summed E-state index contributed by atoms with van der Waals surface area (Å²) in [5.74, 6) is 0.650. The third kappa shape index (κ3) is 3.00. The normalized spacial score (nSPS) is 18.7. The summed E-state index contributed by atoms with van der Waals surface area (Å²) in [7, 11) is 0. The molecule has 104 valence electrons. The van der Waals surface area contributed by atoms with Crippen LogP contribution in [0.15, 0.2) is 12.1 Å². The molecule has 1 atom stereocenters. The van der Waals surface area contributed by atoms with Gasteiger partial charge in [0.15, 0.2) is 0 Å². The molecular weight excluding hydrogens is 262 g/mol. The Morgan fingerprint density at radius 2 is 2.32 bits per heavy atom. The lowest BCUT2D eigenvalue weighted by atomic mass is 10.1. The zero-order valence-corrected chi connectivity index (χ0v) is 12.2. The van der Waals surface area contributed by atoms with E-state index in [-0.39, 0.29) is 5.91 Å². The van der Waals surface area contributed by atoms with Gasteiger partial charge in [-0.2, -0.15) is 0 Å². The predicted molar refractivity (Wildman–Crippen MR) is 77.8 cm³/mol. The molecule has 5 heteroatoms. The Morgan fingerprint density at radius 3 is 3.00 bits per heavy atom. The molecule has 0 saturated carbocycles. The minimum absolute atomic E-state index is 0.0471. The van der Waals surface area contributed by atoms with Gasteiger partial charge in [0.25, 0.3) is 5.91 Å². The molecule has 1 aliphatic rings. The largest absolute Gasteiger partial charge is 0.370 e. The molecule has 1 fully saturated rings. The van der Waals surface area contributed by atoms with Crippen molar-refractivity contribution in [3.63, 3.8) is 0 Å². The van der Waals surface area contributed by atoms with Gasteiger partial charge in [-0.15, -0.1) is 0 Å². The number of anilines is 1. The van der Waals surface area contributed by atoms with E-state index in [0.29, 0.717) is 22.6 Å². The van der Waals surface area contributed by atoms with Crippen molar-refractivity contribution in [2.24, 2.45) is 0 Å². The van der Waals surface area contributed by atoms with Gasteiger partial charge in [0.2, 0.25) is 0 Å². The molecule has 0 bridgehead atoms. The molecule has 2 heterocycles. The lowest BCUT2D eigenvalue weighted by molar-refractivity contribution is 0.0728. The van der Waals surface area contributed by atoms with Crippen LogP contribution in [0.3, 0.4) is 0 Å². The molecule has 0 aliphatic carbocycles. The van der Waals surface area contributed by atoms with Crippen molar-refractivity contribution < 1.29 is 4.79 Å². The SMILES string of the molecule is CCNc1ccc(Cl)c(C(=O)N2CCCC2CC)n1. The Bertz CT molecular complexity index is 464. The highest BCUT2D eigenvalue weighted by Crippen LogP contribution is 2.25. The van der Waals surface area contributed by atoms with Crippen LogP contribution >= 0.6 is 11.6 Å². The molecule has 1 saturated heterocycles. The minimum Gasteiger partial charge on any atom is -0.370 e. The average molecular weight is 282 g/mol. The first-order valence-electron chi connectivity index (χ1n) is 6.88. The lowest BCUT2D eigenvalue weighted by Gasteiger charge is -2.23. The summed E-state index contributed by atoms with van der Waals surface area (Å²) in [5, 5.41) is 3.53. The third-order valence-electron chi connectivity index (χ3n) is 3.52. The van der Waals surface area contributed by atoms with E-state index in [1.165, 1.54) is 0 Å². The van der Waals surface area contributed by atoms with E-state index in [0.717, 1.165) is 32.4 Å². The Morgan fingerprint density at radius 1 is 1.53 bits per heavy atom. The van der Waals surface area contributed by atoms with Crippen molar-refractivity contribution in [1.82, 2.24) is 9.88 Å². The summed E-state index contributed by atoms with van der Waals surface area (Å²) in [6, 6.07) is 3.86. The molecule has 1 unspecified atom stereocenters. The number of carbonyl (C=O) groups excluding carboxylic acids is 1. The molecule has 1 aromatic rings. The van der Waals surface area contributed by atoms with E-state index < -0.39 is 0 Å². The van der Waals surface area contributed by atoms with Gasteiger partial charge in [0.05, 0.1) is 5.02 Å². The van der Waals surface area contributed by atoms with E-state index in [9.17, 15) is 4.79 Å². The fourth-order valence-electron chi connectivity index (χ4n) is 2.54. The minimum atomic E-state index is -0.0471. The Labute approximate surface area is 119 Å². The zero-order valence-electron chi connectivity index (χ0n) is 11.4. The summed E-state index contributed by atoms with van der Waals surface area (Å²) in [5.41, 5.74) is 0.362. The van der Waals surface area contributed by atoms with Gasteiger partial charge in [-0.3, -0.25) is 4.79 Å². The molecule has 19 heavy (non-hydrogen) atoms. The summed E-state index contributed by atoms with van der Waals surface area (Å²) in [6.07, 6.45) is 3.12. The smallest absolute Gasteiger partial charge is 0.274 e. The number of pyridine rings is 1. The number of hydrogen-bond acceptors (Lipinski definition) is 3. The first-order valence-corrected chi connectivity index (χ1v) is 7.26. The molecule has 4 nitrogen and oxygen atoms in total. The predicted octanol–water partition coefficient (Wildman–Crippen LogP) is 3.18. The second-order valence-corrected chi connectivity index (χ2v) is 5.17.